The van der Waals surface area contributed by atoms with Crippen LogP contribution < -0.4 is 4.74 Å². The molecule has 1 aromatic carbocycles. The largest absolute Gasteiger partial charge is 0.496 e. The summed E-state index contributed by atoms with van der Waals surface area (Å²) in [6, 6.07) is 5.60. The number of hydrogen-bond donors (Lipinski definition) is 1. The Labute approximate surface area is 82.6 Å². The Morgan fingerprint density at radius 1 is 1.50 bits per heavy atom. The molecular weight excluding hydrogens is 181 g/mol. The van der Waals surface area contributed by atoms with Crippen molar-refractivity contribution < 1.29 is 14.6 Å². The lowest BCUT2D eigenvalue weighted by molar-refractivity contribution is -0.131. The molecule has 74 valence electrons. The molecular formula is C11H12O3. The monoisotopic (exact) mass is 193 g/mol. The Balaban J connectivity index is 3.02. The quantitative estimate of drug-likeness (QED) is 0.590. The van der Waals surface area contributed by atoms with E-state index in [1.54, 1.807) is 7.11 Å². The molecule has 0 saturated carbocycles. The highest BCUT2D eigenvalue weighted by molar-refractivity contribution is 5.85. The zero-order valence-electron chi connectivity index (χ0n) is 8.15. The second-order valence-electron chi connectivity index (χ2n) is 2.92. The highest BCUT2D eigenvalue weighted by atomic mass is 16.5. The van der Waals surface area contributed by atoms with Crippen LogP contribution in [0.3, 0.4) is 0 Å². The van der Waals surface area contributed by atoms with E-state index in [2.05, 4.69) is 0 Å². The van der Waals surface area contributed by atoms with Gasteiger partial charge < -0.3 is 9.84 Å². The van der Waals surface area contributed by atoms with E-state index >= 15 is 0 Å². The van der Waals surface area contributed by atoms with Crippen LogP contribution in [0.4, 0.5) is 0 Å². The molecule has 1 aromatic rings. The van der Waals surface area contributed by atoms with Crippen molar-refractivity contribution in [3.8, 4) is 5.75 Å². The summed E-state index contributed by atoms with van der Waals surface area (Å²) >= 11 is 0. The maximum atomic E-state index is 10.3. The molecule has 3 nitrogen and oxygen atoms in total. The summed E-state index contributed by atoms with van der Waals surface area (Å²) in [6.45, 7) is 1.95. The summed E-state index contributed by atoms with van der Waals surface area (Å²) in [7, 11) is 1.56. The van der Waals surface area contributed by atoms with E-state index in [4.69, 9.17) is 9.84 Å². The Kier molecular flexibility index (Phi) is 3.29. The Bertz CT molecular complexity index is 367. The first-order valence-corrected chi connectivity index (χ1v) is 4.19. The topological polar surface area (TPSA) is 46.5 Å². The first-order valence-electron chi connectivity index (χ1n) is 4.19. The third-order valence-electron chi connectivity index (χ3n) is 1.79. The van der Waals surface area contributed by atoms with Crippen LogP contribution in [0.2, 0.25) is 0 Å². The lowest BCUT2D eigenvalue weighted by Crippen LogP contribution is -1.90. The van der Waals surface area contributed by atoms with Crippen molar-refractivity contribution in [1.29, 1.82) is 0 Å². The van der Waals surface area contributed by atoms with Gasteiger partial charge in [-0.2, -0.15) is 0 Å². The second kappa shape index (κ2) is 4.46. The van der Waals surface area contributed by atoms with Crippen molar-refractivity contribution in [2.24, 2.45) is 0 Å². The highest BCUT2D eigenvalue weighted by Gasteiger charge is 1.99. The number of carboxylic acid groups (broad SMARTS) is 1. The van der Waals surface area contributed by atoms with E-state index in [9.17, 15) is 4.79 Å². The molecule has 0 aliphatic carbocycles. The minimum atomic E-state index is -0.965. The minimum Gasteiger partial charge on any atom is -0.496 e. The lowest BCUT2D eigenvalue weighted by Gasteiger charge is -2.04. The molecule has 0 saturated heterocycles. The van der Waals surface area contributed by atoms with Crippen LogP contribution in [0.5, 0.6) is 5.75 Å². The number of rotatable bonds is 3. The van der Waals surface area contributed by atoms with Crippen LogP contribution in [-0.2, 0) is 4.79 Å². The van der Waals surface area contributed by atoms with Gasteiger partial charge in [0.05, 0.1) is 7.11 Å². The van der Waals surface area contributed by atoms with Gasteiger partial charge in [-0.25, -0.2) is 4.79 Å². The van der Waals surface area contributed by atoms with Gasteiger partial charge in [-0.15, -0.1) is 0 Å². The van der Waals surface area contributed by atoms with E-state index in [1.807, 2.05) is 25.1 Å². The average molecular weight is 193 g/mol. The number of carboxylic acids is 1. The molecule has 0 atom stereocenters. The normalized spacial score (nSPS) is 10.4. The Morgan fingerprint density at radius 3 is 2.79 bits per heavy atom. The van der Waals surface area contributed by atoms with Gasteiger partial charge in [0.25, 0.3) is 0 Å². The predicted molar refractivity (Wildman–Crippen MR) is 54.4 cm³/mol. The molecule has 0 aliphatic rings. The van der Waals surface area contributed by atoms with Gasteiger partial charge >= 0.3 is 5.97 Å². The first-order chi connectivity index (χ1) is 6.63. The fraction of sp³-hybridized carbons (Fsp3) is 0.182. The Hall–Kier alpha value is -1.77. The number of methoxy groups -OCH3 is 1. The predicted octanol–water partition coefficient (Wildman–Crippen LogP) is 2.10. The van der Waals surface area contributed by atoms with Crippen LogP contribution in [0, 0.1) is 6.92 Å². The van der Waals surface area contributed by atoms with Gasteiger partial charge in [0, 0.05) is 11.6 Å². The maximum Gasteiger partial charge on any atom is 0.328 e. The highest BCUT2D eigenvalue weighted by Crippen LogP contribution is 2.20. The van der Waals surface area contributed by atoms with Crippen molar-refractivity contribution in [2.45, 2.75) is 6.92 Å². The van der Waals surface area contributed by atoms with Crippen molar-refractivity contribution >= 4 is 12.0 Å². The molecule has 0 aromatic heterocycles. The van der Waals surface area contributed by atoms with Gasteiger partial charge in [0.2, 0.25) is 0 Å². The van der Waals surface area contributed by atoms with Crippen molar-refractivity contribution in [3.05, 3.63) is 35.4 Å². The molecule has 1 N–H and O–H groups in total. The third kappa shape index (κ3) is 2.62. The molecule has 14 heavy (non-hydrogen) atoms. The Morgan fingerprint density at radius 2 is 2.21 bits per heavy atom. The molecule has 0 spiro atoms. The maximum absolute atomic E-state index is 10.3. The van der Waals surface area contributed by atoms with Crippen LogP contribution in [0.15, 0.2) is 24.3 Å². The number of carbonyl (C=O) groups is 1. The molecule has 0 aliphatic heterocycles. The molecule has 0 heterocycles. The zero-order chi connectivity index (χ0) is 10.6. The van der Waals surface area contributed by atoms with Crippen molar-refractivity contribution in [1.82, 2.24) is 0 Å². The summed E-state index contributed by atoms with van der Waals surface area (Å²) < 4.78 is 5.11. The molecule has 1 rings (SSSR count). The standard InChI is InChI=1S/C11H12O3/c1-8-3-4-9(5-6-11(12)13)10(7-8)14-2/h3-7H,1-2H3,(H,12,13)/b6-5+/i11+1. The molecule has 0 radical (unpaired) electrons. The summed E-state index contributed by atoms with van der Waals surface area (Å²) in [5.74, 6) is -0.282. The first kappa shape index (κ1) is 10.3. The van der Waals surface area contributed by atoms with Crippen molar-refractivity contribution in [2.75, 3.05) is 7.11 Å². The fourth-order valence-electron chi connectivity index (χ4n) is 1.12. The number of aryl methyl sites for hydroxylation is 1. The fourth-order valence-corrected chi connectivity index (χ4v) is 1.12. The number of aliphatic carboxylic acids is 1. The van der Waals surface area contributed by atoms with Crippen LogP contribution in [0.1, 0.15) is 11.1 Å². The van der Waals surface area contributed by atoms with Gasteiger partial charge in [-0.3, -0.25) is 0 Å². The molecule has 0 fully saturated rings. The van der Waals surface area contributed by atoms with Crippen LogP contribution in [0.25, 0.3) is 6.08 Å². The van der Waals surface area contributed by atoms with E-state index in [1.165, 1.54) is 6.08 Å². The van der Waals surface area contributed by atoms with E-state index in [-0.39, 0.29) is 0 Å². The van der Waals surface area contributed by atoms with Crippen LogP contribution in [-0.4, -0.2) is 18.2 Å². The van der Waals surface area contributed by atoms with E-state index < -0.39 is 5.97 Å². The molecule has 0 unspecified atom stereocenters. The van der Waals surface area contributed by atoms with E-state index in [0.29, 0.717) is 5.75 Å². The molecule has 0 amide bonds. The molecule has 0 bridgehead atoms. The van der Waals surface area contributed by atoms with Gasteiger partial charge in [-0.1, -0.05) is 12.1 Å². The van der Waals surface area contributed by atoms with Gasteiger partial charge in [0.15, 0.2) is 0 Å². The molecule has 3 heteroatoms. The summed E-state index contributed by atoms with van der Waals surface area (Å²) in [6.07, 6.45) is 2.60. The van der Waals surface area contributed by atoms with E-state index in [0.717, 1.165) is 17.2 Å². The number of benzene rings is 1. The SMILES string of the molecule is COc1cc(C)ccc1/C=C/[13C](=O)O. The lowest BCUT2D eigenvalue weighted by atomic mass is 10.1. The van der Waals surface area contributed by atoms with Gasteiger partial charge in [-0.05, 0) is 24.6 Å². The number of ether oxygens (including phenoxy) is 1. The second-order valence-corrected chi connectivity index (χ2v) is 2.92. The summed E-state index contributed by atoms with van der Waals surface area (Å²) in [4.78, 5) is 10.3. The summed E-state index contributed by atoms with van der Waals surface area (Å²) in [5, 5.41) is 8.47. The average Bonchev–Trinajstić information content (AvgIpc) is 2.15. The van der Waals surface area contributed by atoms with Crippen molar-refractivity contribution in [3.63, 3.8) is 0 Å². The van der Waals surface area contributed by atoms with Crippen LogP contribution >= 0.6 is 0 Å². The van der Waals surface area contributed by atoms with Gasteiger partial charge in [0.1, 0.15) is 5.75 Å². The zero-order valence-corrected chi connectivity index (χ0v) is 8.15. The smallest absolute Gasteiger partial charge is 0.328 e. The third-order valence-corrected chi connectivity index (χ3v) is 1.79. The number of hydrogen-bond acceptors (Lipinski definition) is 2. The minimum absolute atomic E-state index is 0.683. The summed E-state index contributed by atoms with van der Waals surface area (Å²) in [5.41, 5.74) is 1.84.